The van der Waals surface area contributed by atoms with Crippen molar-refractivity contribution in [2.24, 2.45) is 0 Å². The molecule has 1 aromatic heterocycles. The van der Waals surface area contributed by atoms with Gasteiger partial charge in [-0.15, -0.1) is 4.48 Å². The number of aromatic nitrogens is 1. The van der Waals surface area contributed by atoms with Crippen molar-refractivity contribution < 1.29 is 18.7 Å². The third-order valence-electron chi connectivity index (χ3n) is 3.86. The topological polar surface area (TPSA) is 63.7 Å². The summed E-state index contributed by atoms with van der Waals surface area (Å²) >= 11 is 6.66. The molecule has 3 rings (SSSR count). The van der Waals surface area contributed by atoms with E-state index in [-0.39, 0.29) is 11.7 Å². The zero-order valence-electron chi connectivity index (χ0n) is 14.3. The van der Waals surface area contributed by atoms with Crippen LogP contribution >= 0.6 is 33.8 Å². The van der Waals surface area contributed by atoms with Crippen LogP contribution < -0.4 is 14.8 Å². The summed E-state index contributed by atoms with van der Waals surface area (Å²) < 4.78 is 25.5. The van der Waals surface area contributed by atoms with Gasteiger partial charge in [-0.05, 0) is 40.3 Å². The number of halogens is 2. The summed E-state index contributed by atoms with van der Waals surface area (Å²) in [6, 6.07) is 6.69. The van der Waals surface area contributed by atoms with Gasteiger partial charge in [0.25, 0.3) is 0 Å². The standard InChI is InChI=1S/C16H17ClFN3O3S2/c1-23-11-5-4-10(6-12(11)24-2)20-16(22)9-25-21(18)26(3)13-7-15(17)19-8-14(13)26/h4-8H,9H2,1-3H3,(H,20,22). The van der Waals surface area contributed by atoms with E-state index in [1.807, 2.05) is 0 Å². The quantitative estimate of drug-likeness (QED) is 0.313. The SMILES string of the molecule is COc1ccc(NC(=O)CSN(F)S2(C)c3cnc(Cl)cc32)cc1OC. The van der Waals surface area contributed by atoms with E-state index in [4.69, 9.17) is 21.1 Å². The third-order valence-corrected chi connectivity index (χ3v) is 8.62. The van der Waals surface area contributed by atoms with Crippen LogP contribution in [0.5, 0.6) is 11.5 Å². The Bertz CT molecular complexity index is 857. The van der Waals surface area contributed by atoms with E-state index in [9.17, 15) is 9.28 Å². The number of hydrogen-bond acceptors (Lipinski definition) is 6. The lowest BCUT2D eigenvalue weighted by Gasteiger charge is -2.22. The maximum Gasteiger partial charge on any atom is 0.235 e. The van der Waals surface area contributed by atoms with Gasteiger partial charge in [-0.3, -0.25) is 4.79 Å². The number of anilines is 1. The zero-order valence-corrected chi connectivity index (χ0v) is 16.7. The van der Waals surface area contributed by atoms with Crippen LogP contribution in [0.3, 0.4) is 0 Å². The number of carbonyl (C=O) groups is 1. The Labute approximate surface area is 161 Å². The number of pyridine rings is 1. The number of benzene rings is 1. The number of amides is 1. The molecular weight excluding hydrogens is 401 g/mol. The van der Waals surface area contributed by atoms with Gasteiger partial charge in [-0.2, -0.15) is 0 Å². The molecule has 1 N–H and O–H groups in total. The first-order chi connectivity index (χ1) is 12.4. The van der Waals surface area contributed by atoms with Crippen LogP contribution in [0.2, 0.25) is 5.15 Å². The van der Waals surface area contributed by atoms with Gasteiger partial charge in [0.2, 0.25) is 5.91 Å². The predicted octanol–water partition coefficient (Wildman–Crippen LogP) is 4.31. The van der Waals surface area contributed by atoms with Crippen LogP contribution in [0.15, 0.2) is 40.3 Å². The molecule has 0 aliphatic carbocycles. The van der Waals surface area contributed by atoms with Crippen molar-refractivity contribution in [1.82, 2.24) is 8.92 Å². The average Bonchev–Trinajstić information content (AvgIpc) is 3.24. The van der Waals surface area contributed by atoms with Crippen LogP contribution in [0.25, 0.3) is 0 Å². The lowest BCUT2D eigenvalue weighted by molar-refractivity contribution is -0.113. The predicted molar refractivity (Wildman–Crippen MR) is 103 cm³/mol. The van der Waals surface area contributed by atoms with E-state index in [0.29, 0.717) is 26.3 Å². The molecule has 1 unspecified atom stereocenters. The Morgan fingerprint density at radius 1 is 1.31 bits per heavy atom. The van der Waals surface area contributed by atoms with Gasteiger partial charge in [-0.1, -0.05) is 21.8 Å². The highest BCUT2D eigenvalue weighted by Crippen LogP contribution is 2.80. The van der Waals surface area contributed by atoms with Crippen LogP contribution in [0.1, 0.15) is 0 Å². The van der Waals surface area contributed by atoms with Crippen LogP contribution in [0.4, 0.5) is 10.2 Å². The molecule has 1 aliphatic rings. The Balaban J connectivity index is 1.56. The molecule has 0 spiro atoms. The number of nitrogens with one attached hydrogen (secondary N) is 1. The second kappa shape index (κ2) is 7.51. The molecule has 0 radical (unpaired) electrons. The molecular formula is C16H17ClFN3O3S2. The smallest absolute Gasteiger partial charge is 0.235 e. The second-order valence-electron chi connectivity index (χ2n) is 5.43. The molecule has 1 atom stereocenters. The maximum absolute atomic E-state index is 14.6. The minimum atomic E-state index is -1.86. The third kappa shape index (κ3) is 3.57. The number of ether oxygens (including phenoxy) is 2. The Morgan fingerprint density at radius 3 is 2.69 bits per heavy atom. The molecule has 0 saturated heterocycles. The molecule has 2 aromatic rings. The average molecular weight is 418 g/mol. The van der Waals surface area contributed by atoms with Gasteiger partial charge in [0.05, 0.1) is 20.0 Å². The van der Waals surface area contributed by atoms with Crippen molar-refractivity contribution in [2.75, 3.05) is 31.5 Å². The molecule has 1 aliphatic heterocycles. The molecule has 0 saturated carbocycles. The molecule has 1 aromatic carbocycles. The molecule has 6 nitrogen and oxygen atoms in total. The minimum absolute atomic E-state index is 0.0669. The van der Waals surface area contributed by atoms with Gasteiger partial charge >= 0.3 is 0 Å². The Hall–Kier alpha value is -1.68. The number of rotatable bonds is 7. The van der Waals surface area contributed by atoms with Gasteiger partial charge in [0, 0.05) is 27.7 Å². The second-order valence-corrected chi connectivity index (χ2v) is 9.87. The summed E-state index contributed by atoms with van der Waals surface area (Å²) in [5, 5.41) is 3.05. The zero-order chi connectivity index (χ0) is 18.9. The first-order valence-electron chi connectivity index (χ1n) is 7.45. The fourth-order valence-electron chi connectivity index (χ4n) is 2.42. The van der Waals surface area contributed by atoms with Gasteiger partial charge in [0.1, 0.15) is 5.15 Å². The summed E-state index contributed by atoms with van der Waals surface area (Å²) in [7, 11) is 1.19. The van der Waals surface area contributed by atoms with Crippen LogP contribution in [-0.2, 0) is 4.79 Å². The first kappa shape index (κ1) is 19.1. The number of hydrogen-bond donors (Lipinski definition) is 1. The van der Waals surface area contributed by atoms with Gasteiger partial charge in [-0.25, -0.2) is 4.98 Å². The van der Waals surface area contributed by atoms with Crippen molar-refractivity contribution in [1.29, 1.82) is 0 Å². The van der Waals surface area contributed by atoms with Gasteiger partial charge in [0.15, 0.2) is 11.5 Å². The van der Waals surface area contributed by atoms with Crippen molar-refractivity contribution in [3.05, 3.63) is 35.6 Å². The maximum atomic E-state index is 14.6. The van der Waals surface area contributed by atoms with Crippen molar-refractivity contribution in [3.8, 4) is 11.5 Å². The summed E-state index contributed by atoms with van der Waals surface area (Å²) in [5.41, 5.74) is 0.544. The highest BCUT2D eigenvalue weighted by atomic mass is 35.5. The van der Waals surface area contributed by atoms with E-state index in [0.717, 1.165) is 21.7 Å². The summed E-state index contributed by atoms with van der Waals surface area (Å²) in [4.78, 5) is 17.8. The molecule has 0 bridgehead atoms. The van der Waals surface area contributed by atoms with E-state index in [2.05, 4.69) is 10.3 Å². The van der Waals surface area contributed by atoms with Crippen molar-refractivity contribution in [2.45, 2.75) is 9.79 Å². The van der Waals surface area contributed by atoms with Crippen molar-refractivity contribution >= 4 is 45.4 Å². The Morgan fingerprint density at radius 2 is 2.04 bits per heavy atom. The molecule has 26 heavy (non-hydrogen) atoms. The number of nitrogens with zero attached hydrogens (tertiary/aromatic N) is 2. The van der Waals surface area contributed by atoms with Gasteiger partial charge < -0.3 is 14.8 Å². The fraction of sp³-hybridized carbons (Fsp3) is 0.250. The van der Waals surface area contributed by atoms with E-state index < -0.39 is 10.2 Å². The van der Waals surface area contributed by atoms with E-state index in [1.54, 1.807) is 36.7 Å². The number of methoxy groups -OCH3 is 2. The summed E-state index contributed by atoms with van der Waals surface area (Å²) in [5.74, 6) is 0.668. The summed E-state index contributed by atoms with van der Waals surface area (Å²) in [6.45, 7) is 0. The molecule has 140 valence electrons. The first-order valence-corrected chi connectivity index (χ1v) is 10.8. The molecule has 2 heterocycles. The summed E-state index contributed by atoms with van der Waals surface area (Å²) in [6.07, 6.45) is 3.39. The van der Waals surface area contributed by atoms with Crippen molar-refractivity contribution in [3.63, 3.8) is 0 Å². The monoisotopic (exact) mass is 417 g/mol. The fourth-order valence-corrected chi connectivity index (χ4v) is 6.45. The minimum Gasteiger partial charge on any atom is -0.493 e. The molecule has 10 heteroatoms. The number of carbonyl (C=O) groups excluding carboxylic acids is 1. The Kier molecular flexibility index (Phi) is 5.52. The van der Waals surface area contributed by atoms with Crippen LogP contribution in [0, 0.1) is 0 Å². The lowest BCUT2D eigenvalue weighted by Crippen LogP contribution is -2.16. The molecule has 0 fully saturated rings. The molecule has 1 amide bonds. The normalized spacial score (nSPS) is 20.1. The van der Waals surface area contributed by atoms with E-state index in [1.165, 1.54) is 14.2 Å². The highest BCUT2D eigenvalue weighted by molar-refractivity contribution is 8.40. The number of fused-ring (bicyclic) bond motifs is 1. The lowest BCUT2D eigenvalue weighted by atomic mass is 10.2. The van der Waals surface area contributed by atoms with E-state index >= 15 is 0 Å². The largest absolute Gasteiger partial charge is 0.493 e. The van der Waals surface area contributed by atoms with Crippen LogP contribution in [-0.4, -0.2) is 41.1 Å². The highest BCUT2D eigenvalue weighted by Gasteiger charge is 2.48.